The van der Waals surface area contributed by atoms with Gasteiger partial charge in [0.1, 0.15) is 17.3 Å². The van der Waals surface area contributed by atoms with Gasteiger partial charge in [0.15, 0.2) is 0 Å². The highest BCUT2D eigenvalue weighted by molar-refractivity contribution is 5.39. The minimum atomic E-state index is -0.946. The smallest absolute Gasteiger partial charge is 0.129 e. The molecule has 1 unspecified atom stereocenters. The molecule has 0 aliphatic carbocycles. The van der Waals surface area contributed by atoms with Crippen molar-refractivity contribution in [2.45, 2.75) is 19.6 Å². The van der Waals surface area contributed by atoms with Gasteiger partial charge in [-0.3, -0.25) is 0 Å². The average Bonchev–Trinajstić information content (AvgIpc) is 2.51. The molecule has 0 bridgehead atoms. The Labute approximate surface area is 129 Å². The second-order valence-corrected chi connectivity index (χ2v) is 4.89. The van der Waals surface area contributed by atoms with Crippen LogP contribution in [0.25, 0.3) is 0 Å². The van der Waals surface area contributed by atoms with E-state index in [2.05, 4.69) is 5.32 Å². The molecule has 2 rings (SSSR count). The van der Waals surface area contributed by atoms with Crippen LogP contribution in [0.3, 0.4) is 0 Å². The Morgan fingerprint density at radius 2 is 2.00 bits per heavy atom. The summed E-state index contributed by atoms with van der Waals surface area (Å²) in [7, 11) is 0. The van der Waals surface area contributed by atoms with Crippen LogP contribution < -0.4 is 10.1 Å². The Kier molecular flexibility index (Phi) is 5.75. The maximum atomic E-state index is 13.5. The number of halogens is 1. The van der Waals surface area contributed by atoms with E-state index < -0.39 is 11.9 Å². The molecule has 0 amide bonds. The first-order valence-electron chi connectivity index (χ1n) is 7.19. The summed E-state index contributed by atoms with van der Waals surface area (Å²) in [5.74, 6) is 0.390. The molecule has 0 heterocycles. The fourth-order valence-corrected chi connectivity index (χ4v) is 2.16. The van der Waals surface area contributed by atoms with Crippen LogP contribution in [-0.2, 0) is 6.54 Å². The lowest BCUT2D eigenvalue weighted by Gasteiger charge is -2.14. The van der Waals surface area contributed by atoms with Crippen LogP contribution in [0.15, 0.2) is 42.5 Å². The molecule has 2 aromatic carbocycles. The van der Waals surface area contributed by atoms with Gasteiger partial charge in [0.25, 0.3) is 0 Å². The fourth-order valence-electron chi connectivity index (χ4n) is 2.16. The Balaban J connectivity index is 1.93. The van der Waals surface area contributed by atoms with Crippen molar-refractivity contribution >= 4 is 0 Å². The summed E-state index contributed by atoms with van der Waals surface area (Å²) in [4.78, 5) is 0. The second kappa shape index (κ2) is 7.77. The summed E-state index contributed by atoms with van der Waals surface area (Å²) in [5, 5.41) is 22.8. The quantitative estimate of drug-likeness (QED) is 0.736. The Hall–Kier alpha value is -2.11. The first-order valence-corrected chi connectivity index (χ1v) is 7.19. The lowest BCUT2D eigenvalue weighted by molar-refractivity contribution is 0.169. The van der Waals surface area contributed by atoms with E-state index in [1.54, 1.807) is 36.4 Å². The van der Waals surface area contributed by atoms with Gasteiger partial charge in [-0.15, -0.1) is 0 Å². The molecule has 0 saturated carbocycles. The molecular weight excluding hydrogens is 285 g/mol. The van der Waals surface area contributed by atoms with Gasteiger partial charge in [0, 0.05) is 24.2 Å². The number of aliphatic hydroxyl groups is 1. The first-order chi connectivity index (χ1) is 10.6. The van der Waals surface area contributed by atoms with E-state index in [4.69, 9.17) is 4.74 Å². The Bertz CT molecular complexity index is 619. The zero-order valence-electron chi connectivity index (χ0n) is 12.4. The number of hydrogen-bond donors (Lipinski definition) is 3. The molecule has 0 aliphatic rings. The van der Waals surface area contributed by atoms with Crippen molar-refractivity contribution in [3.63, 3.8) is 0 Å². The van der Waals surface area contributed by atoms with E-state index in [1.807, 2.05) is 6.92 Å². The third-order valence-electron chi connectivity index (χ3n) is 3.28. The third kappa shape index (κ3) is 4.19. The van der Waals surface area contributed by atoms with E-state index in [-0.39, 0.29) is 17.9 Å². The Morgan fingerprint density at radius 3 is 2.73 bits per heavy atom. The van der Waals surface area contributed by atoms with Crippen molar-refractivity contribution in [1.29, 1.82) is 0 Å². The minimum Gasteiger partial charge on any atom is -0.508 e. The normalized spacial score (nSPS) is 12.1. The number of nitrogens with one attached hydrogen (secondary N) is 1. The number of aromatic hydroxyl groups is 1. The summed E-state index contributed by atoms with van der Waals surface area (Å²) in [6, 6.07) is 11.1. The standard InChI is InChI=1S/C17H20FNO3/c1-2-22-13-7-8-16(20)12(9-13)10-19-11-17(21)14-5-3-4-6-15(14)18/h3-9,17,19-21H,2,10-11H2,1H3. The summed E-state index contributed by atoms with van der Waals surface area (Å²) in [6.45, 7) is 2.96. The molecule has 4 nitrogen and oxygen atoms in total. The molecule has 0 saturated heterocycles. The van der Waals surface area contributed by atoms with Gasteiger partial charge >= 0.3 is 0 Å². The maximum Gasteiger partial charge on any atom is 0.129 e. The molecule has 0 radical (unpaired) electrons. The number of benzene rings is 2. The number of phenols is 1. The molecule has 0 aliphatic heterocycles. The van der Waals surface area contributed by atoms with Crippen molar-refractivity contribution in [2.75, 3.05) is 13.2 Å². The van der Waals surface area contributed by atoms with E-state index >= 15 is 0 Å². The van der Waals surface area contributed by atoms with Gasteiger partial charge in [0.2, 0.25) is 0 Å². The van der Waals surface area contributed by atoms with E-state index in [1.165, 1.54) is 6.07 Å². The average molecular weight is 305 g/mol. The highest BCUT2D eigenvalue weighted by atomic mass is 19.1. The van der Waals surface area contributed by atoms with Crippen LogP contribution in [-0.4, -0.2) is 23.4 Å². The highest BCUT2D eigenvalue weighted by Crippen LogP contribution is 2.23. The van der Waals surface area contributed by atoms with Crippen molar-refractivity contribution in [3.8, 4) is 11.5 Å². The van der Waals surface area contributed by atoms with Gasteiger partial charge in [0.05, 0.1) is 12.7 Å². The fraction of sp³-hybridized carbons (Fsp3) is 0.294. The van der Waals surface area contributed by atoms with Gasteiger partial charge in [-0.05, 0) is 31.2 Å². The van der Waals surface area contributed by atoms with Crippen molar-refractivity contribution < 1.29 is 19.3 Å². The van der Waals surface area contributed by atoms with Crippen LogP contribution in [0.4, 0.5) is 4.39 Å². The maximum absolute atomic E-state index is 13.5. The molecule has 0 aromatic heterocycles. The van der Waals surface area contributed by atoms with Gasteiger partial charge < -0.3 is 20.3 Å². The number of aliphatic hydroxyl groups excluding tert-OH is 1. The van der Waals surface area contributed by atoms with Crippen LogP contribution in [0.1, 0.15) is 24.2 Å². The van der Waals surface area contributed by atoms with E-state index in [0.29, 0.717) is 24.5 Å². The lowest BCUT2D eigenvalue weighted by Crippen LogP contribution is -2.21. The van der Waals surface area contributed by atoms with Crippen LogP contribution in [0, 0.1) is 5.82 Å². The van der Waals surface area contributed by atoms with Crippen molar-refractivity contribution in [3.05, 3.63) is 59.4 Å². The van der Waals surface area contributed by atoms with Gasteiger partial charge in [-0.2, -0.15) is 0 Å². The number of hydrogen-bond acceptors (Lipinski definition) is 4. The zero-order valence-corrected chi connectivity index (χ0v) is 12.4. The molecule has 118 valence electrons. The first kappa shape index (κ1) is 16.3. The summed E-state index contributed by atoms with van der Waals surface area (Å²) in [5.41, 5.74) is 0.911. The molecule has 5 heteroatoms. The molecule has 1 atom stereocenters. The predicted molar refractivity (Wildman–Crippen MR) is 82.3 cm³/mol. The monoisotopic (exact) mass is 305 g/mol. The van der Waals surface area contributed by atoms with Gasteiger partial charge in [-0.1, -0.05) is 18.2 Å². The van der Waals surface area contributed by atoms with Crippen LogP contribution in [0.5, 0.6) is 11.5 Å². The van der Waals surface area contributed by atoms with Crippen LogP contribution in [0.2, 0.25) is 0 Å². The molecule has 0 fully saturated rings. The summed E-state index contributed by atoms with van der Waals surface area (Å²) in [6.07, 6.45) is -0.946. The second-order valence-electron chi connectivity index (χ2n) is 4.89. The highest BCUT2D eigenvalue weighted by Gasteiger charge is 2.12. The SMILES string of the molecule is CCOc1ccc(O)c(CNCC(O)c2ccccc2F)c1. The van der Waals surface area contributed by atoms with E-state index in [9.17, 15) is 14.6 Å². The number of phenolic OH excluding ortho intramolecular Hbond substituents is 1. The topological polar surface area (TPSA) is 61.7 Å². The molecule has 0 spiro atoms. The number of rotatable bonds is 7. The van der Waals surface area contributed by atoms with Crippen molar-refractivity contribution in [1.82, 2.24) is 5.32 Å². The largest absolute Gasteiger partial charge is 0.508 e. The molecule has 3 N–H and O–H groups in total. The third-order valence-corrected chi connectivity index (χ3v) is 3.28. The molecule has 22 heavy (non-hydrogen) atoms. The molecule has 2 aromatic rings. The summed E-state index contributed by atoms with van der Waals surface area (Å²) < 4.78 is 18.9. The van der Waals surface area contributed by atoms with Crippen molar-refractivity contribution in [2.24, 2.45) is 0 Å². The Morgan fingerprint density at radius 1 is 1.23 bits per heavy atom. The number of ether oxygens (including phenoxy) is 1. The zero-order chi connectivity index (χ0) is 15.9. The molecular formula is C17H20FNO3. The summed E-state index contributed by atoms with van der Waals surface area (Å²) >= 11 is 0. The predicted octanol–water partition coefficient (Wildman–Crippen LogP) is 2.75. The van der Waals surface area contributed by atoms with E-state index in [0.717, 1.165) is 0 Å². The van der Waals surface area contributed by atoms with Crippen LogP contribution >= 0.6 is 0 Å². The lowest BCUT2D eigenvalue weighted by atomic mass is 10.1. The van der Waals surface area contributed by atoms with Gasteiger partial charge in [-0.25, -0.2) is 4.39 Å². The minimum absolute atomic E-state index is 0.149.